The maximum absolute atomic E-state index is 12.9. The van der Waals surface area contributed by atoms with Crippen LogP contribution in [0.5, 0.6) is 5.75 Å². The van der Waals surface area contributed by atoms with Gasteiger partial charge in [-0.3, -0.25) is 9.69 Å². The van der Waals surface area contributed by atoms with Crippen molar-refractivity contribution in [1.82, 2.24) is 9.80 Å². The first-order chi connectivity index (χ1) is 13.0. The summed E-state index contributed by atoms with van der Waals surface area (Å²) >= 11 is 0. The van der Waals surface area contributed by atoms with Gasteiger partial charge in [-0.2, -0.15) is 0 Å². The van der Waals surface area contributed by atoms with Gasteiger partial charge in [0, 0.05) is 6.54 Å². The molecule has 1 amide bonds. The molecular formula is C21H22N2O4. The van der Waals surface area contributed by atoms with E-state index < -0.39 is 5.97 Å². The largest absolute Gasteiger partial charge is 0.487 e. The van der Waals surface area contributed by atoms with Crippen LogP contribution in [-0.2, 0) is 17.8 Å². The lowest BCUT2D eigenvalue weighted by Gasteiger charge is -2.43. The second-order valence-electron chi connectivity index (χ2n) is 7.22. The Morgan fingerprint density at radius 2 is 1.70 bits per heavy atom. The van der Waals surface area contributed by atoms with Crippen LogP contribution in [0.3, 0.4) is 0 Å². The van der Waals surface area contributed by atoms with Crippen molar-refractivity contribution in [2.75, 3.05) is 20.1 Å². The van der Waals surface area contributed by atoms with Gasteiger partial charge in [-0.25, -0.2) is 4.79 Å². The average Bonchev–Trinajstić information content (AvgIpc) is 2.63. The van der Waals surface area contributed by atoms with Gasteiger partial charge in [0.05, 0.1) is 24.7 Å². The maximum Gasteiger partial charge on any atom is 0.335 e. The van der Waals surface area contributed by atoms with Crippen LogP contribution in [0.15, 0.2) is 48.5 Å². The number of ether oxygens (including phenoxy) is 1. The molecule has 0 saturated carbocycles. The first-order valence-corrected chi connectivity index (χ1v) is 9.07. The summed E-state index contributed by atoms with van der Waals surface area (Å²) in [4.78, 5) is 27.7. The van der Waals surface area contributed by atoms with Gasteiger partial charge < -0.3 is 14.7 Å². The minimum absolute atomic E-state index is 0.0502. The number of likely N-dealkylation sites (tertiary alicyclic amines) is 1. The van der Waals surface area contributed by atoms with Crippen LogP contribution >= 0.6 is 0 Å². The van der Waals surface area contributed by atoms with Crippen molar-refractivity contribution in [3.8, 4) is 5.75 Å². The highest BCUT2D eigenvalue weighted by molar-refractivity contribution is 5.87. The molecule has 2 aliphatic heterocycles. The first-order valence-electron chi connectivity index (χ1n) is 9.07. The van der Waals surface area contributed by atoms with Gasteiger partial charge in [0.2, 0.25) is 5.91 Å². The second kappa shape index (κ2) is 7.04. The van der Waals surface area contributed by atoms with Gasteiger partial charge in [-0.05, 0) is 48.9 Å². The molecule has 1 saturated heterocycles. The molecule has 140 valence electrons. The van der Waals surface area contributed by atoms with Crippen molar-refractivity contribution >= 4 is 11.9 Å². The van der Waals surface area contributed by atoms with Gasteiger partial charge in [0.25, 0.3) is 0 Å². The molecule has 2 aromatic rings. The molecular weight excluding hydrogens is 344 g/mol. The topological polar surface area (TPSA) is 70.1 Å². The first kappa shape index (κ1) is 17.5. The molecule has 27 heavy (non-hydrogen) atoms. The summed E-state index contributed by atoms with van der Waals surface area (Å²) in [6, 6.07) is 14.5. The van der Waals surface area contributed by atoms with Crippen LogP contribution in [0.1, 0.15) is 21.5 Å². The van der Waals surface area contributed by atoms with Crippen LogP contribution in [0.4, 0.5) is 0 Å². The molecule has 0 bridgehead atoms. The molecule has 0 aromatic heterocycles. The summed E-state index contributed by atoms with van der Waals surface area (Å²) in [5.74, 6) is -0.186. The number of nitrogens with zero attached hydrogens (tertiary/aromatic N) is 2. The number of fused-ring (bicyclic) bond motifs is 1. The number of carbonyl (C=O) groups is 2. The molecule has 2 aromatic carbocycles. The molecule has 1 fully saturated rings. The lowest BCUT2D eigenvalue weighted by Crippen LogP contribution is -2.61. The Morgan fingerprint density at radius 3 is 2.37 bits per heavy atom. The predicted octanol–water partition coefficient (Wildman–Crippen LogP) is 2.03. The second-order valence-corrected chi connectivity index (χ2v) is 7.22. The van der Waals surface area contributed by atoms with Crippen molar-refractivity contribution in [2.45, 2.75) is 25.1 Å². The van der Waals surface area contributed by atoms with E-state index in [4.69, 9.17) is 9.84 Å². The summed E-state index contributed by atoms with van der Waals surface area (Å²) in [7, 11) is 2.00. The summed E-state index contributed by atoms with van der Waals surface area (Å²) in [6.45, 7) is 1.91. The van der Waals surface area contributed by atoms with Gasteiger partial charge >= 0.3 is 5.97 Å². The van der Waals surface area contributed by atoms with E-state index in [0.29, 0.717) is 18.8 Å². The predicted molar refractivity (Wildman–Crippen MR) is 99.8 cm³/mol. The molecule has 6 heteroatoms. The molecule has 4 rings (SSSR count). The van der Waals surface area contributed by atoms with Crippen LogP contribution < -0.4 is 4.74 Å². The van der Waals surface area contributed by atoms with Crippen molar-refractivity contribution in [3.05, 3.63) is 65.2 Å². The van der Waals surface area contributed by atoms with Gasteiger partial charge in [0.1, 0.15) is 11.9 Å². The Balaban J connectivity index is 1.33. The number of benzene rings is 2. The highest BCUT2D eigenvalue weighted by atomic mass is 16.5. The van der Waals surface area contributed by atoms with E-state index >= 15 is 0 Å². The summed E-state index contributed by atoms with van der Waals surface area (Å²) in [6.07, 6.45) is 0.690. The average molecular weight is 366 g/mol. The number of hydrogen-bond acceptors (Lipinski definition) is 4. The molecule has 1 atom stereocenters. The van der Waals surface area contributed by atoms with E-state index in [9.17, 15) is 9.59 Å². The number of likely N-dealkylation sites (N-methyl/N-ethyl adjacent to an activating group) is 1. The van der Waals surface area contributed by atoms with E-state index in [2.05, 4.69) is 17.0 Å². The Hall–Kier alpha value is -2.86. The summed E-state index contributed by atoms with van der Waals surface area (Å²) in [5, 5.41) is 8.93. The van der Waals surface area contributed by atoms with E-state index in [-0.39, 0.29) is 23.6 Å². The minimum Gasteiger partial charge on any atom is -0.487 e. The Morgan fingerprint density at radius 1 is 1.04 bits per heavy atom. The maximum atomic E-state index is 12.9. The zero-order valence-corrected chi connectivity index (χ0v) is 15.2. The third-order valence-electron chi connectivity index (χ3n) is 5.33. The lowest BCUT2D eigenvalue weighted by molar-refractivity contribution is -0.146. The molecule has 6 nitrogen and oxygen atoms in total. The van der Waals surface area contributed by atoms with Gasteiger partial charge in [0.15, 0.2) is 0 Å². The molecule has 0 aliphatic carbocycles. The number of carbonyl (C=O) groups excluding carboxylic acids is 1. The number of aromatic carboxylic acids is 1. The Kier molecular flexibility index (Phi) is 4.58. The number of carboxylic acids is 1. The highest BCUT2D eigenvalue weighted by Crippen LogP contribution is 2.25. The number of hydrogen-bond donors (Lipinski definition) is 1. The minimum atomic E-state index is -0.958. The third-order valence-corrected chi connectivity index (χ3v) is 5.33. The van der Waals surface area contributed by atoms with E-state index in [1.807, 2.05) is 24.1 Å². The van der Waals surface area contributed by atoms with E-state index in [1.54, 1.807) is 12.1 Å². The number of amides is 1. The molecule has 0 unspecified atom stereocenters. The molecule has 2 heterocycles. The van der Waals surface area contributed by atoms with Crippen molar-refractivity contribution in [3.63, 3.8) is 0 Å². The fourth-order valence-electron chi connectivity index (χ4n) is 3.70. The van der Waals surface area contributed by atoms with Crippen molar-refractivity contribution in [1.29, 1.82) is 0 Å². The standard InChI is InChI=1S/C21H22N2O4/c1-22-11-16-5-3-2-4-15(16)10-19(22)20(24)23-12-18(13-23)27-17-8-6-14(7-9-17)21(25)26/h2-9,18-19H,10-13H2,1H3,(H,25,26)/t19-/m0/s1. The third kappa shape index (κ3) is 3.53. The zero-order valence-electron chi connectivity index (χ0n) is 15.2. The Bertz CT molecular complexity index is 859. The zero-order chi connectivity index (χ0) is 19.0. The van der Waals surface area contributed by atoms with Crippen LogP contribution in [-0.4, -0.2) is 59.1 Å². The van der Waals surface area contributed by atoms with Crippen LogP contribution in [0.2, 0.25) is 0 Å². The quantitative estimate of drug-likeness (QED) is 0.897. The molecule has 1 N–H and O–H groups in total. The van der Waals surface area contributed by atoms with Crippen molar-refractivity contribution < 1.29 is 19.4 Å². The van der Waals surface area contributed by atoms with E-state index in [0.717, 1.165) is 13.0 Å². The molecule has 0 spiro atoms. The normalized spacial score (nSPS) is 19.9. The highest BCUT2D eigenvalue weighted by Gasteiger charge is 2.38. The monoisotopic (exact) mass is 366 g/mol. The lowest BCUT2D eigenvalue weighted by atomic mass is 9.93. The Labute approximate surface area is 158 Å². The van der Waals surface area contributed by atoms with Crippen molar-refractivity contribution in [2.24, 2.45) is 0 Å². The van der Waals surface area contributed by atoms with Gasteiger partial charge in [-0.15, -0.1) is 0 Å². The fourth-order valence-corrected chi connectivity index (χ4v) is 3.70. The van der Waals surface area contributed by atoms with Crippen LogP contribution in [0.25, 0.3) is 0 Å². The number of carboxylic acid groups (broad SMARTS) is 1. The summed E-state index contributed by atoms with van der Waals surface area (Å²) in [5.41, 5.74) is 2.77. The summed E-state index contributed by atoms with van der Waals surface area (Å²) < 4.78 is 5.84. The molecule has 2 aliphatic rings. The molecule has 0 radical (unpaired) electrons. The van der Waals surface area contributed by atoms with E-state index in [1.165, 1.54) is 23.3 Å². The number of rotatable bonds is 4. The van der Waals surface area contributed by atoms with Gasteiger partial charge in [-0.1, -0.05) is 24.3 Å². The fraction of sp³-hybridized carbons (Fsp3) is 0.333. The SMILES string of the molecule is CN1Cc2ccccc2C[C@H]1C(=O)N1CC(Oc2ccc(C(=O)O)cc2)C1. The van der Waals surface area contributed by atoms with Crippen LogP contribution in [0, 0.1) is 0 Å². The smallest absolute Gasteiger partial charge is 0.335 e.